The molecule has 18 heavy (non-hydrogen) atoms. The largest absolute Gasteiger partial charge is 0.346 e. The maximum absolute atomic E-state index is 11.8. The van der Waals surface area contributed by atoms with Gasteiger partial charge in [-0.1, -0.05) is 0 Å². The summed E-state index contributed by atoms with van der Waals surface area (Å²) in [5.74, 6) is 0.169. The quantitative estimate of drug-likeness (QED) is 0.607. The molecular formula is C11H11N5O2. The fraction of sp³-hybridized carbons (Fsp3) is 0.182. The first-order chi connectivity index (χ1) is 8.72. The number of nitrogens with one attached hydrogen (secondary N) is 4. The van der Waals surface area contributed by atoms with Crippen LogP contribution < -0.4 is 16.0 Å². The molecule has 1 fully saturated rings. The highest BCUT2D eigenvalue weighted by Crippen LogP contribution is 2.13. The number of nitrogens with zero attached hydrogens (tertiary/aromatic N) is 1. The topological polar surface area (TPSA) is 98.9 Å². The van der Waals surface area contributed by atoms with E-state index in [9.17, 15) is 9.59 Å². The van der Waals surface area contributed by atoms with Crippen LogP contribution in [0, 0.1) is 0 Å². The van der Waals surface area contributed by atoms with Crippen LogP contribution in [0.1, 0.15) is 0 Å². The lowest BCUT2D eigenvalue weighted by Crippen LogP contribution is -2.38. The van der Waals surface area contributed by atoms with Crippen molar-refractivity contribution in [2.45, 2.75) is 6.04 Å². The molecule has 0 radical (unpaired) electrons. The fourth-order valence-corrected chi connectivity index (χ4v) is 1.83. The summed E-state index contributed by atoms with van der Waals surface area (Å²) in [6, 6.07) is 4.59. The highest BCUT2D eigenvalue weighted by molar-refractivity contribution is 5.98. The molecule has 3 heterocycles. The van der Waals surface area contributed by atoms with Crippen molar-refractivity contribution in [3.05, 3.63) is 24.4 Å². The van der Waals surface area contributed by atoms with E-state index in [1.165, 1.54) is 0 Å². The molecule has 1 saturated heterocycles. The van der Waals surface area contributed by atoms with Crippen LogP contribution in [0.25, 0.3) is 11.0 Å². The van der Waals surface area contributed by atoms with Gasteiger partial charge in [0.15, 0.2) is 0 Å². The van der Waals surface area contributed by atoms with Gasteiger partial charge in [0.2, 0.25) is 5.91 Å². The summed E-state index contributed by atoms with van der Waals surface area (Å²) in [7, 11) is 0. The summed E-state index contributed by atoms with van der Waals surface area (Å²) in [5, 5.41) is 8.67. The molecule has 92 valence electrons. The molecule has 7 heteroatoms. The number of amides is 3. The Morgan fingerprint density at radius 3 is 3.06 bits per heavy atom. The Balaban J connectivity index is 1.75. The summed E-state index contributed by atoms with van der Waals surface area (Å²) in [5.41, 5.74) is 0.710. The number of hydrogen-bond donors (Lipinski definition) is 4. The maximum atomic E-state index is 11.8. The molecule has 1 atom stereocenters. The number of hydrogen-bond acceptors (Lipinski definition) is 3. The number of urea groups is 1. The van der Waals surface area contributed by atoms with E-state index in [1.54, 1.807) is 12.3 Å². The second-order valence-corrected chi connectivity index (χ2v) is 4.01. The van der Waals surface area contributed by atoms with E-state index in [0.29, 0.717) is 11.5 Å². The predicted octanol–water partition coefficient (Wildman–Crippen LogP) is 0.183. The van der Waals surface area contributed by atoms with Crippen molar-refractivity contribution in [1.29, 1.82) is 0 Å². The zero-order valence-corrected chi connectivity index (χ0v) is 9.36. The number of rotatable bonds is 2. The van der Waals surface area contributed by atoms with E-state index in [-0.39, 0.29) is 18.5 Å². The van der Waals surface area contributed by atoms with Crippen LogP contribution in [0.3, 0.4) is 0 Å². The fourth-order valence-electron chi connectivity index (χ4n) is 1.83. The molecule has 2 aromatic heterocycles. The molecule has 4 N–H and O–H groups in total. The van der Waals surface area contributed by atoms with Crippen LogP contribution >= 0.6 is 0 Å². The van der Waals surface area contributed by atoms with Crippen molar-refractivity contribution in [3.8, 4) is 0 Å². The van der Waals surface area contributed by atoms with Gasteiger partial charge in [-0.2, -0.15) is 0 Å². The van der Waals surface area contributed by atoms with Crippen LogP contribution in [-0.4, -0.2) is 34.5 Å². The van der Waals surface area contributed by atoms with Gasteiger partial charge in [0, 0.05) is 18.1 Å². The van der Waals surface area contributed by atoms with E-state index in [0.717, 1.165) is 5.39 Å². The molecule has 0 bridgehead atoms. The minimum atomic E-state index is -0.557. The summed E-state index contributed by atoms with van der Waals surface area (Å²) < 4.78 is 0. The van der Waals surface area contributed by atoms with Gasteiger partial charge in [-0.05, 0) is 18.2 Å². The molecule has 2 aromatic rings. The van der Waals surface area contributed by atoms with Crippen molar-refractivity contribution in [2.24, 2.45) is 0 Å². The Kier molecular flexibility index (Phi) is 2.36. The Hall–Kier alpha value is -2.57. The zero-order chi connectivity index (χ0) is 12.5. The third-order valence-corrected chi connectivity index (χ3v) is 2.75. The molecule has 3 rings (SSSR count). The van der Waals surface area contributed by atoms with Gasteiger partial charge in [-0.3, -0.25) is 4.79 Å². The number of aromatic nitrogens is 2. The van der Waals surface area contributed by atoms with Crippen LogP contribution in [0.4, 0.5) is 10.6 Å². The molecule has 0 aromatic carbocycles. The molecule has 0 aliphatic carbocycles. The Labute approximate surface area is 102 Å². The monoisotopic (exact) mass is 245 g/mol. The van der Waals surface area contributed by atoms with Crippen LogP contribution in [0.15, 0.2) is 24.4 Å². The number of fused-ring (bicyclic) bond motifs is 1. The Morgan fingerprint density at radius 1 is 1.39 bits per heavy atom. The Bertz CT molecular complexity index is 621. The lowest BCUT2D eigenvalue weighted by molar-refractivity contribution is -0.117. The van der Waals surface area contributed by atoms with E-state index in [2.05, 4.69) is 25.9 Å². The van der Waals surface area contributed by atoms with Gasteiger partial charge >= 0.3 is 6.03 Å². The van der Waals surface area contributed by atoms with E-state index < -0.39 is 6.04 Å². The van der Waals surface area contributed by atoms with E-state index in [4.69, 9.17) is 0 Å². The number of carbonyl (C=O) groups excluding carboxylic acids is 2. The summed E-state index contributed by atoms with van der Waals surface area (Å²) in [6.07, 6.45) is 1.78. The van der Waals surface area contributed by atoms with Crippen molar-refractivity contribution in [1.82, 2.24) is 20.6 Å². The molecule has 0 saturated carbocycles. The normalized spacial score (nSPS) is 18.4. The number of pyridine rings is 1. The minimum absolute atomic E-state index is 0.285. The first-order valence-corrected chi connectivity index (χ1v) is 5.52. The smallest absolute Gasteiger partial charge is 0.315 e. The van der Waals surface area contributed by atoms with E-state index in [1.807, 2.05) is 12.1 Å². The van der Waals surface area contributed by atoms with Crippen molar-refractivity contribution >= 4 is 28.8 Å². The average Bonchev–Trinajstić information content (AvgIpc) is 2.96. The molecule has 0 spiro atoms. The lowest BCUT2D eigenvalue weighted by Gasteiger charge is -2.09. The van der Waals surface area contributed by atoms with Crippen molar-refractivity contribution in [3.63, 3.8) is 0 Å². The molecule has 1 aliphatic heterocycles. The summed E-state index contributed by atoms with van der Waals surface area (Å²) in [4.78, 5) is 30.0. The van der Waals surface area contributed by atoms with Crippen molar-refractivity contribution in [2.75, 3.05) is 11.9 Å². The van der Waals surface area contributed by atoms with Crippen LogP contribution in [0.2, 0.25) is 0 Å². The second kappa shape index (κ2) is 4.02. The number of carbonyl (C=O) groups is 2. The van der Waals surface area contributed by atoms with Gasteiger partial charge in [-0.15, -0.1) is 0 Å². The SMILES string of the molecule is O=C1NCC(C(=O)Nc2ccc3cc[nH]c3n2)N1. The van der Waals surface area contributed by atoms with Gasteiger partial charge in [-0.25, -0.2) is 9.78 Å². The second-order valence-electron chi connectivity index (χ2n) is 4.01. The molecule has 1 unspecified atom stereocenters. The van der Waals surface area contributed by atoms with Gasteiger partial charge < -0.3 is 20.9 Å². The number of aromatic amines is 1. The minimum Gasteiger partial charge on any atom is -0.346 e. The summed E-state index contributed by atoms with van der Waals surface area (Å²) >= 11 is 0. The molecular weight excluding hydrogens is 234 g/mol. The highest BCUT2D eigenvalue weighted by atomic mass is 16.2. The van der Waals surface area contributed by atoms with Gasteiger partial charge in [0.1, 0.15) is 17.5 Å². The molecule has 1 aliphatic rings. The van der Waals surface area contributed by atoms with E-state index >= 15 is 0 Å². The Morgan fingerprint density at radius 2 is 2.28 bits per heavy atom. The zero-order valence-electron chi connectivity index (χ0n) is 9.36. The summed E-state index contributed by atoms with van der Waals surface area (Å²) in [6.45, 7) is 0.287. The maximum Gasteiger partial charge on any atom is 0.315 e. The van der Waals surface area contributed by atoms with Crippen molar-refractivity contribution < 1.29 is 9.59 Å². The standard InChI is InChI=1S/C11H11N5O2/c17-10(7-5-13-11(18)14-7)16-8-2-1-6-3-4-12-9(6)15-8/h1-4,7H,5H2,(H2,13,14,18)(H2,12,15,16,17). The molecule has 7 nitrogen and oxygen atoms in total. The van der Waals surface area contributed by atoms with Gasteiger partial charge in [0.05, 0.1) is 0 Å². The first kappa shape index (κ1) is 10.6. The van der Waals surface area contributed by atoms with Crippen LogP contribution in [-0.2, 0) is 4.79 Å². The molecule has 3 amide bonds. The third-order valence-electron chi connectivity index (χ3n) is 2.75. The number of H-pyrrole nitrogens is 1. The van der Waals surface area contributed by atoms with Crippen LogP contribution in [0.5, 0.6) is 0 Å². The lowest BCUT2D eigenvalue weighted by atomic mass is 10.3. The third kappa shape index (κ3) is 1.86. The average molecular weight is 245 g/mol. The predicted molar refractivity (Wildman–Crippen MR) is 65.0 cm³/mol. The first-order valence-electron chi connectivity index (χ1n) is 5.52. The highest BCUT2D eigenvalue weighted by Gasteiger charge is 2.26. The van der Waals surface area contributed by atoms with Gasteiger partial charge in [0.25, 0.3) is 0 Å². The number of anilines is 1.